The van der Waals surface area contributed by atoms with Crippen LogP contribution in [0.5, 0.6) is 0 Å². The third kappa shape index (κ3) is 3.79. The minimum Gasteiger partial charge on any atom is -0.465 e. The molecule has 116 valence electrons. The zero-order valence-electron chi connectivity index (χ0n) is 11.3. The number of benzene rings is 2. The van der Waals surface area contributed by atoms with Gasteiger partial charge in [0.15, 0.2) is 0 Å². The van der Waals surface area contributed by atoms with E-state index in [-0.39, 0.29) is 10.5 Å². The third-order valence-electron chi connectivity index (χ3n) is 2.73. The van der Waals surface area contributed by atoms with Crippen molar-refractivity contribution in [2.45, 2.75) is 4.90 Å². The van der Waals surface area contributed by atoms with Gasteiger partial charge in [0.05, 0.1) is 12.7 Å². The van der Waals surface area contributed by atoms with E-state index in [0.29, 0.717) is 15.2 Å². The van der Waals surface area contributed by atoms with Crippen LogP contribution in [0.3, 0.4) is 0 Å². The number of esters is 1. The highest BCUT2D eigenvalue weighted by atomic mass is 79.9. The van der Waals surface area contributed by atoms with Crippen LogP contribution >= 0.6 is 27.5 Å². The lowest BCUT2D eigenvalue weighted by Crippen LogP contribution is -2.17. The maximum Gasteiger partial charge on any atom is 0.339 e. The summed E-state index contributed by atoms with van der Waals surface area (Å²) in [7, 11) is -2.76. The molecule has 8 heteroatoms. The van der Waals surface area contributed by atoms with Crippen molar-refractivity contribution in [3.05, 3.63) is 57.5 Å². The van der Waals surface area contributed by atoms with E-state index in [9.17, 15) is 13.2 Å². The van der Waals surface area contributed by atoms with Gasteiger partial charge in [-0.3, -0.25) is 4.72 Å². The fourth-order valence-corrected chi connectivity index (χ4v) is 3.46. The predicted octanol–water partition coefficient (Wildman–Crippen LogP) is 3.69. The third-order valence-corrected chi connectivity index (χ3v) is 4.92. The molecule has 0 aliphatic rings. The monoisotopic (exact) mass is 403 g/mol. The average molecular weight is 405 g/mol. The molecule has 0 radical (unpaired) electrons. The molecule has 22 heavy (non-hydrogen) atoms. The molecule has 0 bridgehead atoms. The lowest BCUT2D eigenvalue weighted by atomic mass is 10.2. The van der Waals surface area contributed by atoms with Crippen LogP contribution in [0.1, 0.15) is 10.4 Å². The maximum atomic E-state index is 12.5. The molecule has 2 rings (SSSR count). The van der Waals surface area contributed by atoms with Crippen molar-refractivity contribution in [3.8, 4) is 0 Å². The lowest BCUT2D eigenvalue weighted by molar-refractivity contribution is 0.0596. The molecule has 0 spiro atoms. The maximum absolute atomic E-state index is 12.5. The number of ether oxygens (including phenoxy) is 1. The first kappa shape index (κ1) is 16.8. The van der Waals surface area contributed by atoms with E-state index in [4.69, 9.17) is 11.6 Å². The quantitative estimate of drug-likeness (QED) is 0.789. The molecule has 5 nitrogen and oxygen atoms in total. The first-order valence-electron chi connectivity index (χ1n) is 6.00. The molecule has 0 aliphatic carbocycles. The van der Waals surface area contributed by atoms with Gasteiger partial charge in [0.2, 0.25) is 0 Å². The molecular weight excluding hydrogens is 394 g/mol. The number of methoxy groups -OCH3 is 1. The summed E-state index contributed by atoms with van der Waals surface area (Å²) < 4.78 is 32.5. The van der Waals surface area contributed by atoms with E-state index in [2.05, 4.69) is 25.4 Å². The normalized spacial score (nSPS) is 11.0. The van der Waals surface area contributed by atoms with Crippen LogP contribution in [0.25, 0.3) is 0 Å². The molecule has 0 aliphatic heterocycles. The van der Waals surface area contributed by atoms with Crippen LogP contribution in [0.2, 0.25) is 5.02 Å². The molecule has 2 aromatic carbocycles. The van der Waals surface area contributed by atoms with E-state index in [1.54, 1.807) is 12.1 Å². The highest BCUT2D eigenvalue weighted by molar-refractivity contribution is 9.10. The highest BCUT2D eigenvalue weighted by Crippen LogP contribution is 2.24. The molecule has 1 N–H and O–H groups in total. The van der Waals surface area contributed by atoms with Crippen molar-refractivity contribution in [2.75, 3.05) is 11.8 Å². The van der Waals surface area contributed by atoms with Gasteiger partial charge in [-0.05, 0) is 42.5 Å². The molecule has 0 fully saturated rings. The van der Waals surface area contributed by atoms with E-state index in [0.717, 1.165) is 0 Å². The summed E-state index contributed by atoms with van der Waals surface area (Å²) in [6.07, 6.45) is 0. The van der Waals surface area contributed by atoms with Crippen molar-refractivity contribution in [2.24, 2.45) is 0 Å². The minimum atomic E-state index is -3.94. The summed E-state index contributed by atoms with van der Waals surface area (Å²) in [5.41, 5.74) is 0.279. The summed E-state index contributed by atoms with van der Waals surface area (Å²) >= 11 is 8.96. The Morgan fingerprint density at radius 1 is 1.18 bits per heavy atom. The van der Waals surface area contributed by atoms with Gasteiger partial charge in [0.1, 0.15) is 4.90 Å². The van der Waals surface area contributed by atoms with Crippen LogP contribution in [-0.2, 0) is 14.8 Å². The van der Waals surface area contributed by atoms with Crippen molar-refractivity contribution >= 4 is 49.2 Å². The lowest BCUT2D eigenvalue weighted by Gasteiger charge is -2.11. The molecule has 0 heterocycles. The van der Waals surface area contributed by atoms with Gasteiger partial charge in [-0.15, -0.1) is 0 Å². The number of nitrogens with one attached hydrogen (secondary N) is 1. The Bertz CT molecular complexity index is 806. The second-order valence-electron chi connectivity index (χ2n) is 4.24. The molecular formula is C14H11BrClNO4S. The SMILES string of the molecule is COC(=O)c1cc(Br)ccc1S(=O)(=O)Nc1ccc(Cl)cc1. The summed E-state index contributed by atoms with van der Waals surface area (Å²) in [6.45, 7) is 0. The van der Waals surface area contributed by atoms with Crippen LogP contribution < -0.4 is 4.72 Å². The first-order valence-corrected chi connectivity index (χ1v) is 8.65. The Kier molecular flexibility index (Phi) is 5.10. The molecule has 0 atom stereocenters. The van der Waals surface area contributed by atoms with E-state index < -0.39 is 16.0 Å². The van der Waals surface area contributed by atoms with Gasteiger partial charge in [-0.2, -0.15) is 0 Å². The highest BCUT2D eigenvalue weighted by Gasteiger charge is 2.23. The Balaban J connectivity index is 2.45. The van der Waals surface area contributed by atoms with Gasteiger partial charge in [0, 0.05) is 15.2 Å². The van der Waals surface area contributed by atoms with Crippen LogP contribution in [0.15, 0.2) is 51.8 Å². The Hall–Kier alpha value is -1.57. The summed E-state index contributed by atoms with van der Waals surface area (Å²) in [4.78, 5) is 11.6. The van der Waals surface area contributed by atoms with Gasteiger partial charge in [0.25, 0.3) is 10.0 Å². The smallest absolute Gasteiger partial charge is 0.339 e. The van der Waals surface area contributed by atoms with E-state index >= 15 is 0 Å². The zero-order valence-corrected chi connectivity index (χ0v) is 14.5. The number of sulfonamides is 1. The van der Waals surface area contributed by atoms with Crippen molar-refractivity contribution in [1.82, 2.24) is 0 Å². The van der Waals surface area contributed by atoms with Gasteiger partial charge in [-0.25, -0.2) is 13.2 Å². The fourth-order valence-electron chi connectivity index (χ4n) is 1.73. The minimum absolute atomic E-state index is 0.0571. The van der Waals surface area contributed by atoms with Crippen LogP contribution in [0, 0.1) is 0 Å². The van der Waals surface area contributed by atoms with E-state index in [1.807, 2.05) is 0 Å². The fraction of sp³-hybridized carbons (Fsp3) is 0.0714. The number of carbonyl (C=O) groups is 1. The summed E-state index contributed by atoms with van der Waals surface area (Å²) in [5.74, 6) is -0.738. The number of rotatable bonds is 4. The second-order valence-corrected chi connectivity index (χ2v) is 7.25. The molecule has 0 aromatic heterocycles. The molecule has 0 saturated carbocycles. The summed E-state index contributed by atoms with van der Waals surface area (Å²) in [5, 5.41) is 0.488. The number of anilines is 1. The van der Waals surface area contributed by atoms with Gasteiger partial charge in [-0.1, -0.05) is 27.5 Å². The van der Waals surface area contributed by atoms with Crippen molar-refractivity contribution < 1.29 is 17.9 Å². The van der Waals surface area contributed by atoms with Crippen molar-refractivity contribution in [3.63, 3.8) is 0 Å². The largest absolute Gasteiger partial charge is 0.465 e. The Morgan fingerprint density at radius 3 is 2.41 bits per heavy atom. The topological polar surface area (TPSA) is 72.5 Å². The number of carbonyl (C=O) groups excluding carboxylic acids is 1. The standard InChI is InChI=1S/C14H11BrClNO4S/c1-21-14(18)12-8-9(15)2-7-13(12)22(19,20)17-11-5-3-10(16)4-6-11/h2-8,17H,1H3. The number of hydrogen-bond acceptors (Lipinski definition) is 4. The van der Waals surface area contributed by atoms with E-state index in [1.165, 1.54) is 37.4 Å². The van der Waals surface area contributed by atoms with Crippen LogP contribution in [-0.4, -0.2) is 21.5 Å². The molecule has 2 aromatic rings. The molecule has 0 unspecified atom stereocenters. The number of halogens is 2. The first-order chi connectivity index (χ1) is 10.3. The zero-order chi connectivity index (χ0) is 16.3. The van der Waals surface area contributed by atoms with Gasteiger partial charge >= 0.3 is 5.97 Å². The molecule has 0 saturated heterocycles. The van der Waals surface area contributed by atoms with Gasteiger partial charge < -0.3 is 4.74 Å². The number of hydrogen-bond donors (Lipinski definition) is 1. The predicted molar refractivity (Wildman–Crippen MR) is 87.7 cm³/mol. The average Bonchev–Trinajstić information content (AvgIpc) is 2.48. The molecule has 0 amide bonds. The Morgan fingerprint density at radius 2 is 1.82 bits per heavy atom. The summed E-state index contributed by atoms with van der Waals surface area (Å²) in [6, 6.07) is 10.4. The van der Waals surface area contributed by atoms with Crippen LogP contribution in [0.4, 0.5) is 5.69 Å². The second kappa shape index (κ2) is 6.68. The Labute approximate surface area is 141 Å². The van der Waals surface area contributed by atoms with Crippen molar-refractivity contribution in [1.29, 1.82) is 0 Å².